The van der Waals surface area contributed by atoms with Gasteiger partial charge >= 0.3 is 0 Å². The van der Waals surface area contributed by atoms with Gasteiger partial charge in [0.2, 0.25) is 0 Å². The molecule has 19 heavy (non-hydrogen) atoms. The molecule has 104 valence electrons. The second-order valence-electron chi connectivity index (χ2n) is 5.38. The Bertz CT molecular complexity index is 471. The van der Waals surface area contributed by atoms with Gasteiger partial charge in [-0.2, -0.15) is 5.10 Å². The minimum atomic E-state index is -0.0381. The summed E-state index contributed by atoms with van der Waals surface area (Å²) in [5.41, 5.74) is 7.70. The van der Waals surface area contributed by atoms with Crippen molar-refractivity contribution in [2.75, 3.05) is 31.9 Å². The first-order chi connectivity index (χ1) is 9.20. The topological polar surface area (TPSA) is 78.2 Å². The summed E-state index contributed by atoms with van der Waals surface area (Å²) in [6.07, 6.45) is 3.40. The lowest BCUT2D eigenvalue weighted by molar-refractivity contribution is 0.0622. The van der Waals surface area contributed by atoms with E-state index < -0.39 is 0 Å². The van der Waals surface area contributed by atoms with Gasteiger partial charge in [0.25, 0.3) is 5.91 Å². The highest BCUT2D eigenvalue weighted by molar-refractivity contribution is 5.97. The van der Waals surface area contributed by atoms with Gasteiger partial charge in [0.15, 0.2) is 5.69 Å². The Kier molecular flexibility index (Phi) is 3.18. The van der Waals surface area contributed by atoms with E-state index in [1.807, 2.05) is 11.8 Å². The summed E-state index contributed by atoms with van der Waals surface area (Å²) in [6.45, 7) is 5.50. The third-order valence-corrected chi connectivity index (χ3v) is 4.10. The molecule has 2 fully saturated rings. The molecule has 1 aromatic rings. The quantitative estimate of drug-likeness (QED) is 0.831. The van der Waals surface area contributed by atoms with Crippen molar-refractivity contribution in [2.45, 2.75) is 32.2 Å². The van der Waals surface area contributed by atoms with Crippen LogP contribution in [0.5, 0.6) is 0 Å². The van der Waals surface area contributed by atoms with Gasteiger partial charge in [-0.05, 0) is 19.3 Å². The largest absolute Gasteiger partial charge is 0.395 e. The molecule has 0 unspecified atom stereocenters. The lowest BCUT2D eigenvalue weighted by atomic mass is 10.2. The molecular weight excluding hydrogens is 242 g/mol. The molecule has 1 saturated heterocycles. The number of carbonyl (C=O) groups is 1. The number of hydrogen-bond acceptors (Lipinski definition) is 4. The number of hydrogen-bond donors (Lipinski definition) is 2. The van der Waals surface area contributed by atoms with E-state index in [-0.39, 0.29) is 5.91 Å². The number of amides is 1. The highest BCUT2D eigenvalue weighted by atomic mass is 16.2. The smallest absolute Gasteiger partial charge is 0.276 e. The second kappa shape index (κ2) is 4.85. The molecule has 2 heterocycles. The fourth-order valence-electron chi connectivity index (χ4n) is 2.70. The third-order valence-electron chi connectivity index (χ3n) is 4.10. The fourth-order valence-corrected chi connectivity index (χ4v) is 2.70. The first-order valence-electron chi connectivity index (χ1n) is 7.06. The molecule has 0 radical (unpaired) electrons. The first-order valence-corrected chi connectivity index (χ1v) is 7.06. The molecule has 1 saturated carbocycles. The van der Waals surface area contributed by atoms with E-state index in [0.29, 0.717) is 11.4 Å². The van der Waals surface area contributed by atoms with Gasteiger partial charge in [0.05, 0.1) is 11.4 Å². The molecule has 6 heteroatoms. The highest BCUT2D eigenvalue weighted by Gasteiger charge is 2.33. The Labute approximate surface area is 112 Å². The number of nitrogens with zero attached hydrogens (tertiary/aromatic N) is 3. The molecule has 0 atom stereocenters. The molecule has 1 aliphatic carbocycles. The number of piperazine rings is 1. The zero-order chi connectivity index (χ0) is 13.4. The van der Waals surface area contributed by atoms with E-state index >= 15 is 0 Å². The number of nitrogen functional groups attached to an aromatic ring is 1. The number of aryl methyl sites for hydroxylation is 1. The van der Waals surface area contributed by atoms with Crippen molar-refractivity contribution < 1.29 is 4.79 Å². The van der Waals surface area contributed by atoms with Crippen molar-refractivity contribution in [1.82, 2.24) is 20.0 Å². The zero-order valence-electron chi connectivity index (χ0n) is 11.4. The Morgan fingerprint density at radius 3 is 2.58 bits per heavy atom. The summed E-state index contributed by atoms with van der Waals surface area (Å²) in [4.78, 5) is 16.7. The monoisotopic (exact) mass is 263 g/mol. The number of aromatic nitrogens is 2. The molecule has 6 nitrogen and oxygen atoms in total. The van der Waals surface area contributed by atoms with E-state index in [2.05, 4.69) is 15.1 Å². The molecule has 3 N–H and O–H groups in total. The summed E-state index contributed by atoms with van der Waals surface area (Å²) in [5.74, 6) is -0.0381. The van der Waals surface area contributed by atoms with Crippen molar-refractivity contribution >= 4 is 11.6 Å². The highest BCUT2D eigenvalue weighted by Crippen LogP contribution is 2.27. The van der Waals surface area contributed by atoms with Crippen LogP contribution in [-0.2, 0) is 6.42 Å². The number of carbonyl (C=O) groups excluding carboxylic acids is 1. The van der Waals surface area contributed by atoms with Gasteiger partial charge in [-0.25, -0.2) is 0 Å². The van der Waals surface area contributed by atoms with Crippen LogP contribution in [0.3, 0.4) is 0 Å². The number of nitrogens with one attached hydrogen (secondary N) is 1. The van der Waals surface area contributed by atoms with Crippen LogP contribution in [-0.4, -0.2) is 58.1 Å². The van der Waals surface area contributed by atoms with Crippen molar-refractivity contribution in [3.63, 3.8) is 0 Å². The van der Waals surface area contributed by atoms with Crippen molar-refractivity contribution in [3.05, 3.63) is 11.4 Å². The Morgan fingerprint density at radius 1 is 1.37 bits per heavy atom. The van der Waals surface area contributed by atoms with Gasteiger partial charge < -0.3 is 10.6 Å². The predicted octanol–water partition coefficient (Wildman–Crippen LogP) is 0.475. The standard InChI is InChI=1S/C13H21N5O/c1-2-10-11(14)12(16-15-10)13(19)18-7-5-17(6-8-18)9-3-4-9/h9H,2-8,14H2,1H3,(H,15,16). The number of H-pyrrole nitrogens is 1. The average molecular weight is 263 g/mol. The Balaban J connectivity index is 1.65. The maximum atomic E-state index is 12.4. The third kappa shape index (κ3) is 2.32. The normalized spacial score (nSPS) is 20.8. The Morgan fingerprint density at radius 2 is 2.05 bits per heavy atom. The maximum Gasteiger partial charge on any atom is 0.276 e. The molecule has 1 aromatic heterocycles. The van der Waals surface area contributed by atoms with Crippen LogP contribution < -0.4 is 5.73 Å². The molecule has 2 aliphatic rings. The van der Waals surface area contributed by atoms with E-state index in [0.717, 1.165) is 44.3 Å². The first kappa shape index (κ1) is 12.5. The van der Waals surface area contributed by atoms with Gasteiger partial charge in [0, 0.05) is 32.2 Å². The van der Waals surface area contributed by atoms with E-state index in [1.165, 1.54) is 12.8 Å². The Hall–Kier alpha value is -1.56. The number of anilines is 1. The van der Waals surface area contributed by atoms with Crippen LogP contribution in [0.1, 0.15) is 35.9 Å². The van der Waals surface area contributed by atoms with Crippen molar-refractivity contribution in [2.24, 2.45) is 0 Å². The summed E-state index contributed by atoms with van der Waals surface area (Å²) < 4.78 is 0. The lowest BCUT2D eigenvalue weighted by Crippen LogP contribution is -2.49. The molecule has 1 amide bonds. The predicted molar refractivity (Wildman–Crippen MR) is 72.9 cm³/mol. The summed E-state index contributed by atoms with van der Waals surface area (Å²) >= 11 is 0. The van der Waals surface area contributed by atoms with Crippen LogP contribution in [0.25, 0.3) is 0 Å². The average Bonchev–Trinajstić information content (AvgIpc) is 3.22. The van der Waals surface area contributed by atoms with E-state index in [1.54, 1.807) is 0 Å². The van der Waals surface area contributed by atoms with Gasteiger partial charge in [-0.3, -0.25) is 14.8 Å². The number of aromatic amines is 1. The van der Waals surface area contributed by atoms with Gasteiger partial charge in [-0.1, -0.05) is 6.92 Å². The molecular formula is C13H21N5O. The van der Waals surface area contributed by atoms with Crippen molar-refractivity contribution in [1.29, 1.82) is 0 Å². The summed E-state index contributed by atoms with van der Waals surface area (Å²) in [6, 6.07) is 0.777. The number of nitrogens with two attached hydrogens (primary N) is 1. The van der Waals surface area contributed by atoms with Crippen LogP contribution >= 0.6 is 0 Å². The minimum Gasteiger partial charge on any atom is -0.395 e. The molecule has 3 rings (SSSR count). The minimum absolute atomic E-state index is 0.0381. The van der Waals surface area contributed by atoms with Crippen LogP contribution in [0, 0.1) is 0 Å². The number of rotatable bonds is 3. The van der Waals surface area contributed by atoms with Crippen LogP contribution in [0.15, 0.2) is 0 Å². The summed E-state index contributed by atoms with van der Waals surface area (Å²) in [7, 11) is 0. The SMILES string of the molecule is CCc1[nH]nc(C(=O)N2CCN(C3CC3)CC2)c1N. The second-order valence-corrected chi connectivity index (χ2v) is 5.38. The zero-order valence-corrected chi connectivity index (χ0v) is 11.4. The van der Waals surface area contributed by atoms with Crippen molar-refractivity contribution in [3.8, 4) is 0 Å². The lowest BCUT2D eigenvalue weighted by Gasteiger charge is -2.34. The summed E-state index contributed by atoms with van der Waals surface area (Å²) in [5, 5.41) is 6.92. The maximum absolute atomic E-state index is 12.4. The molecule has 1 aliphatic heterocycles. The van der Waals surface area contributed by atoms with Gasteiger partial charge in [-0.15, -0.1) is 0 Å². The van der Waals surface area contributed by atoms with E-state index in [9.17, 15) is 4.79 Å². The fraction of sp³-hybridized carbons (Fsp3) is 0.692. The molecule has 0 spiro atoms. The van der Waals surface area contributed by atoms with Crippen LogP contribution in [0.4, 0.5) is 5.69 Å². The van der Waals surface area contributed by atoms with Crippen LogP contribution in [0.2, 0.25) is 0 Å². The molecule has 0 bridgehead atoms. The van der Waals surface area contributed by atoms with Gasteiger partial charge in [0.1, 0.15) is 0 Å². The molecule has 0 aromatic carbocycles. The van der Waals surface area contributed by atoms with E-state index in [4.69, 9.17) is 5.73 Å².